The Morgan fingerprint density at radius 2 is 1.50 bits per heavy atom. The Morgan fingerprint density at radius 1 is 0.875 bits per heavy atom. The van der Waals surface area contributed by atoms with E-state index in [2.05, 4.69) is 23.0 Å². The first-order valence-corrected chi connectivity index (χ1v) is 13.4. The van der Waals surface area contributed by atoms with Crippen LogP contribution >= 0.6 is 0 Å². The molecule has 2 atom stereocenters. The van der Waals surface area contributed by atoms with Crippen molar-refractivity contribution in [2.75, 3.05) is 20.3 Å². The van der Waals surface area contributed by atoms with Crippen molar-refractivity contribution in [3.05, 3.63) is 126 Å². The fourth-order valence-electron chi connectivity index (χ4n) is 4.89. The van der Waals surface area contributed by atoms with E-state index in [0.717, 1.165) is 27.8 Å². The van der Waals surface area contributed by atoms with Gasteiger partial charge >= 0.3 is 0 Å². The van der Waals surface area contributed by atoms with Crippen molar-refractivity contribution in [1.29, 1.82) is 0 Å². The molecule has 204 valence electrons. The van der Waals surface area contributed by atoms with E-state index in [1.165, 1.54) is 0 Å². The van der Waals surface area contributed by atoms with Crippen molar-refractivity contribution in [2.45, 2.75) is 24.5 Å². The molecule has 7 heteroatoms. The number of rotatable bonds is 11. The van der Waals surface area contributed by atoms with Gasteiger partial charge in [0, 0.05) is 32.1 Å². The van der Waals surface area contributed by atoms with Gasteiger partial charge in [-0.25, -0.2) is 10.4 Å². The molecule has 4 aromatic rings. The lowest BCUT2D eigenvalue weighted by atomic mass is 9.82. The Hall–Kier alpha value is -4.46. The Morgan fingerprint density at radius 3 is 2.15 bits per heavy atom. The third kappa shape index (κ3) is 5.91. The van der Waals surface area contributed by atoms with E-state index in [1.807, 2.05) is 97.1 Å². The number of aliphatic hydroxyl groups excluding tert-OH is 1. The number of carbonyl (C=O) groups excluding carboxylic acids is 1. The number of hydrazine groups is 1. The van der Waals surface area contributed by atoms with Crippen molar-refractivity contribution in [3.8, 4) is 16.9 Å². The summed E-state index contributed by atoms with van der Waals surface area (Å²) in [5, 5.41) is 9.01. The largest absolute Gasteiger partial charge is 0.494 e. The summed E-state index contributed by atoms with van der Waals surface area (Å²) in [7, 11) is 1.66. The maximum absolute atomic E-state index is 13.8. The van der Waals surface area contributed by atoms with E-state index in [-0.39, 0.29) is 12.5 Å². The minimum atomic E-state index is -1.26. The van der Waals surface area contributed by atoms with E-state index in [0.29, 0.717) is 31.1 Å². The van der Waals surface area contributed by atoms with Crippen LogP contribution in [-0.4, -0.2) is 42.7 Å². The zero-order chi connectivity index (χ0) is 27.8. The molecule has 0 saturated carbocycles. The summed E-state index contributed by atoms with van der Waals surface area (Å²) in [6.07, 6.45) is 0.241. The van der Waals surface area contributed by atoms with Crippen LogP contribution in [0.4, 0.5) is 0 Å². The fourth-order valence-corrected chi connectivity index (χ4v) is 4.89. The summed E-state index contributed by atoms with van der Waals surface area (Å²) in [6, 6.07) is 35.6. The second-order valence-electron chi connectivity index (χ2n) is 9.64. The second-order valence-corrected chi connectivity index (χ2v) is 9.64. The molecule has 40 heavy (non-hydrogen) atoms. The maximum Gasteiger partial charge on any atom is 0.266 e. The normalized spacial score (nSPS) is 18.1. The van der Waals surface area contributed by atoms with Crippen LogP contribution in [0.5, 0.6) is 5.75 Å². The summed E-state index contributed by atoms with van der Waals surface area (Å²) in [6.45, 7) is 0.507. The van der Waals surface area contributed by atoms with Crippen LogP contribution in [0.2, 0.25) is 0 Å². The maximum atomic E-state index is 13.8. The highest BCUT2D eigenvalue weighted by atomic mass is 16.5. The molecule has 1 aliphatic heterocycles. The number of hydrogen-bond acceptors (Lipinski definition) is 6. The molecule has 7 nitrogen and oxygen atoms in total. The molecule has 0 fully saturated rings. The summed E-state index contributed by atoms with van der Waals surface area (Å²) in [5.41, 5.74) is 9.06. The summed E-state index contributed by atoms with van der Waals surface area (Å²) in [5.74, 6) is 0.795. The molecule has 5 rings (SSSR count). The van der Waals surface area contributed by atoms with E-state index in [4.69, 9.17) is 19.6 Å². The van der Waals surface area contributed by atoms with Gasteiger partial charge in [0.1, 0.15) is 5.75 Å². The average molecular weight is 536 g/mol. The van der Waals surface area contributed by atoms with Crippen molar-refractivity contribution < 1.29 is 19.4 Å². The molecule has 3 N–H and O–H groups in total. The number of hydrogen-bond donors (Lipinski definition) is 3. The number of aliphatic hydroxyl groups is 1. The minimum absolute atomic E-state index is 0.0780. The van der Waals surface area contributed by atoms with E-state index >= 15 is 0 Å². The monoisotopic (exact) mass is 535 g/mol. The molecule has 1 amide bonds. The van der Waals surface area contributed by atoms with Crippen LogP contribution in [-0.2, 0) is 16.0 Å². The quantitative estimate of drug-likeness (QED) is 0.188. The third-order valence-electron chi connectivity index (χ3n) is 6.91. The summed E-state index contributed by atoms with van der Waals surface area (Å²) >= 11 is 0. The van der Waals surface area contributed by atoms with Crippen molar-refractivity contribution in [1.82, 2.24) is 10.9 Å². The zero-order valence-corrected chi connectivity index (χ0v) is 22.4. The molecule has 0 bridgehead atoms. The van der Waals surface area contributed by atoms with E-state index in [9.17, 15) is 4.79 Å². The molecular formula is C33H33N3O4. The lowest BCUT2D eigenvalue weighted by Crippen LogP contribution is -2.53. The first-order chi connectivity index (χ1) is 19.6. The van der Waals surface area contributed by atoms with Gasteiger partial charge in [-0.05, 0) is 46.5 Å². The predicted molar refractivity (Wildman–Crippen MR) is 156 cm³/mol. The van der Waals surface area contributed by atoms with Gasteiger partial charge in [-0.1, -0.05) is 84.9 Å². The SMILES string of the molecule is CNNC(=O)[C@@]1(Cc2ccccc2)N=C(c2ccc(OCCCO)cc2)O[C@H]1c1ccc(-c2ccccc2)cc1. The lowest BCUT2D eigenvalue weighted by Gasteiger charge is -2.30. The molecule has 1 heterocycles. The molecule has 0 spiro atoms. The van der Waals surface area contributed by atoms with Gasteiger partial charge in [0.2, 0.25) is 5.90 Å². The number of amides is 1. The number of nitrogens with zero attached hydrogens (tertiary/aromatic N) is 1. The fraction of sp³-hybridized carbons (Fsp3) is 0.212. The predicted octanol–water partition coefficient (Wildman–Crippen LogP) is 4.87. The minimum Gasteiger partial charge on any atom is -0.494 e. The van der Waals surface area contributed by atoms with Gasteiger partial charge in [-0.2, -0.15) is 0 Å². The number of benzene rings is 4. The number of nitrogens with one attached hydrogen (secondary N) is 2. The number of carbonyl (C=O) groups is 1. The van der Waals surface area contributed by atoms with Crippen LogP contribution in [0.3, 0.4) is 0 Å². The first-order valence-electron chi connectivity index (χ1n) is 13.4. The van der Waals surface area contributed by atoms with E-state index in [1.54, 1.807) is 7.05 Å². The van der Waals surface area contributed by atoms with Crippen LogP contribution in [0.15, 0.2) is 114 Å². The van der Waals surface area contributed by atoms with Crippen molar-refractivity contribution in [2.24, 2.45) is 4.99 Å². The molecule has 1 aliphatic rings. The van der Waals surface area contributed by atoms with Gasteiger partial charge in [0.25, 0.3) is 5.91 Å². The Labute approximate surface area is 234 Å². The number of aliphatic imine (C=N–C) groups is 1. The summed E-state index contributed by atoms with van der Waals surface area (Å²) < 4.78 is 12.2. The molecule has 0 aliphatic carbocycles. The average Bonchev–Trinajstić information content (AvgIpc) is 3.39. The molecular weight excluding hydrogens is 502 g/mol. The highest BCUT2D eigenvalue weighted by molar-refractivity contribution is 6.01. The van der Waals surface area contributed by atoms with Gasteiger partial charge in [-0.3, -0.25) is 10.2 Å². The molecule has 0 unspecified atom stereocenters. The Kier molecular flexibility index (Phi) is 8.54. The number of ether oxygens (including phenoxy) is 2. The second kappa shape index (κ2) is 12.6. The summed E-state index contributed by atoms with van der Waals surface area (Å²) in [4.78, 5) is 18.8. The zero-order valence-electron chi connectivity index (χ0n) is 22.4. The van der Waals surface area contributed by atoms with Gasteiger partial charge in [0.15, 0.2) is 11.6 Å². The Balaban J connectivity index is 1.53. The molecule has 0 aromatic heterocycles. The highest BCUT2D eigenvalue weighted by Gasteiger charge is 2.53. The van der Waals surface area contributed by atoms with Gasteiger partial charge < -0.3 is 14.6 Å². The van der Waals surface area contributed by atoms with Crippen LogP contribution in [0.1, 0.15) is 29.2 Å². The first kappa shape index (κ1) is 27.1. The Bertz CT molecular complexity index is 1420. The van der Waals surface area contributed by atoms with Crippen molar-refractivity contribution in [3.63, 3.8) is 0 Å². The van der Waals surface area contributed by atoms with Crippen molar-refractivity contribution >= 4 is 11.8 Å². The van der Waals surface area contributed by atoms with Crippen LogP contribution in [0, 0.1) is 0 Å². The third-order valence-corrected chi connectivity index (χ3v) is 6.91. The highest BCUT2D eigenvalue weighted by Crippen LogP contribution is 2.43. The van der Waals surface area contributed by atoms with Gasteiger partial charge in [-0.15, -0.1) is 0 Å². The molecule has 0 radical (unpaired) electrons. The van der Waals surface area contributed by atoms with Crippen LogP contribution < -0.4 is 15.6 Å². The standard InChI is InChI=1S/C33H33N3O4/c1-34-36-32(38)33(23-24-9-4-2-5-10-24)30(27-15-13-26(14-16-27)25-11-6-3-7-12-25)40-31(35-33)28-17-19-29(20-18-28)39-22-8-21-37/h2-7,9-20,30,34,37H,8,21-23H2,1H3,(H,36,38)/t30-,33-/m0/s1. The smallest absolute Gasteiger partial charge is 0.266 e. The van der Waals surface area contributed by atoms with Crippen LogP contribution in [0.25, 0.3) is 11.1 Å². The van der Waals surface area contributed by atoms with Gasteiger partial charge in [0.05, 0.1) is 6.61 Å². The topological polar surface area (TPSA) is 92.2 Å². The lowest BCUT2D eigenvalue weighted by molar-refractivity contribution is -0.129. The van der Waals surface area contributed by atoms with E-state index < -0.39 is 11.6 Å². The molecule has 4 aromatic carbocycles. The molecule has 0 saturated heterocycles.